The van der Waals surface area contributed by atoms with Gasteiger partial charge in [0.15, 0.2) is 0 Å². The lowest BCUT2D eigenvalue weighted by Gasteiger charge is -2.32. The Labute approximate surface area is 139 Å². The highest BCUT2D eigenvalue weighted by Crippen LogP contribution is 2.23. The van der Waals surface area contributed by atoms with Gasteiger partial charge in [0.2, 0.25) is 0 Å². The van der Waals surface area contributed by atoms with Gasteiger partial charge in [-0.25, -0.2) is 4.79 Å². The first kappa shape index (κ1) is 17.8. The van der Waals surface area contributed by atoms with Gasteiger partial charge in [-0.3, -0.25) is 0 Å². The van der Waals surface area contributed by atoms with E-state index in [0.29, 0.717) is 19.0 Å². The number of amides is 2. The minimum absolute atomic E-state index is 0.00317. The predicted molar refractivity (Wildman–Crippen MR) is 93.5 cm³/mol. The third-order valence-corrected chi connectivity index (χ3v) is 4.84. The Hall–Kier alpha value is -1.55. The minimum atomic E-state index is -0.381. The number of rotatable bonds is 6. The fraction of sp³-hybridized carbons (Fsp3) is 0.632. The molecule has 1 aliphatic carbocycles. The number of hydrogen-bond donors (Lipinski definition) is 2. The number of aliphatic hydroxyl groups excluding tert-OH is 1. The Kier molecular flexibility index (Phi) is 6.90. The molecule has 2 amide bonds. The summed E-state index contributed by atoms with van der Waals surface area (Å²) in [6.45, 7) is 2.36. The van der Waals surface area contributed by atoms with Crippen LogP contribution in [0.4, 0.5) is 4.79 Å². The Morgan fingerprint density at radius 1 is 1.26 bits per heavy atom. The van der Waals surface area contributed by atoms with Crippen molar-refractivity contribution in [3.63, 3.8) is 0 Å². The number of benzene rings is 1. The molecule has 0 heterocycles. The summed E-state index contributed by atoms with van der Waals surface area (Å²) >= 11 is 0. The normalized spacial score (nSPS) is 18.2. The summed E-state index contributed by atoms with van der Waals surface area (Å²) in [5.74, 6) is 0.139. The van der Waals surface area contributed by atoms with Gasteiger partial charge in [-0.15, -0.1) is 0 Å². The largest absolute Gasteiger partial charge is 0.393 e. The van der Waals surface area contributed by atoms with Crippen LogP contribution in [0.2, 0.25) is 0 Å². The topological polar surface area (TPSA) is 52.6 Å². The van der Waals surface area contributed by atoms with Crippen LogP contribution in [0.3, 0.4) is 0 Å². The fourth-order valence-corrected chi connectivity index (χ4v) is 3.44. The van der Waals surface area contributed by atoms with Crippen molar-refractivity contribution in [1.29, 1.82) is 0 Å². The van der Waals surface area contributed by atoms with E-state index in [0.717, 1.165) is 18.4 Å². The zero-order chi connectivity index (χ0) is 16.7. The van der Waals surface area contributed by atoms with Crippen LogP contribution in [-0.2, 0) is 0 Å². The number of nitrogens with zero attached hydrogens (tertiary/aromatic N) is 1. The van der Waals surface area contributed by atoms with E-state index in [9.17, 15) is 9.90 Å². The van der Waals surface area contributed by atoms with E-state index >= 15 is 0 Å². The van der Waals surface area contributed by atoms with E-state index in [2.05, 4.69) is 17.4 Å². The quantitative estimate of drug-likeness (QED) is 0.843. The van der Waals surface area contributed by atoms with Crippen molar-refractivity contribution in [2.45, 2.75) is 63.5 Å². The highest BCUT2D eigenvalue weighted by atomic mass is 16.3. The second-order valence-corrected chi connectivity index (χ2v) is 6.78. The minimum Gasteiger partial charge on any atom is -0.393 e. The molecule has 0 radical (unpaired) electrons. The molecule has 23 heavy (non-hydrogen) atoms. The first-order valence-corrected chi connectivity index (χ1v) is 8.81. The number of urea groups is 1. The number of nitrogens with one attached hydrogen (secondary N) is 1. The summed E-state index contributed by atoms with van der Waals surface area (Å²) in [5.41, 5.74) is 1.16. The molecule has 4 nitrogen and oxygen atoms in total. The lowest BCUT2D eigenvalue weighted by atomic mass is 9.93. The van der Waals surface area contributed by atoms with E-state index in [-0.39, 0.29) is 18.1 Å². The van der Waals surface area contributed by atoms with Crippen LogP contribution < -0.4 is 5.32 Å². The Bertz CT molecular complexity index is 470. The molecule has 4 heteroatoms. The molecule has 0 saturated heterocycles. The van der Waals surface area contributed by atoms with Crippen molar-refractivity contribution in [1.82, 2.24) is 10.2 Å². The molecule has 1 aromatic carbocycles. The van der Waals surface area contributed by atoms with E-state index < -0.39 is 0 Å². The Morgan fingerprint density at radius 2 is 1.91 bits per heavy atom. The number of hydrogen-bond acceptors (Lipinski definition) is 2. The summed E-state index contributed by atoms with van der Waals surface area (Å²) in [6, 6.07) is 10.5. The van der Waals surface area contributed by atoms with Crippen molar-refractivity contribution >= 4 is 6.03 Å². The molecule has 0 bridgehead atoms. The molecule has 1 saturated carbocycles. The fourth-order valence-electron chi connectivity index (χ4n) is 3.44. The van der Waals surface area contributed by atoms with Gasteiger partial charge in [0, 0.05) is 25.6 Å². The van der Waals surface area contributed by atoms with Crippen molar-refractivity contribution in [3.05, 3.63) is 35.9 Å². The molecule has 2 N–H and O–H groups in total. The van der Waals surface area contributed by atoms with Crippen LogP contribution in [0.25, 0.3) is 0 Å². The van der Waals surface area contributed by atoms with Crippen LogP contribution in [0.15, 0.2) is 30.3 Å². The van der Waals surface area contributed by atoms with Gasteiger partial charge in [0.05, 0.1) is 6.10 Å². The van der Waals surface area contributed by atoms with Crippen LogP contribution in [0.5, 0.6) is 0 Å². The van der Waals surface area contributed by atoms with Crippen molar-refractivity contribution in [3.8, 4) is 0 Å². The summed E-state index contributed by atoms with van der Waals surface area (Å²) in [5, 5.41) is 12.8. The molecule has 1 fully saturated rings. The molecular formula is C19H30N2O2. The molecule has 0 aromatic heterocycles. The van der Waals surface area contributed by atoms with Gasteiger partial charge >= 0.3 is 6.03 Å². The maximum atomic E-state index is 12.4. The van der Waals surface area contributed by atoms with E-state index in [1.54, 1.807) is 6.92 Å². The average molecular weight is 318 g/mol. The molecule has 0 aliphatic heterocycles. The SMILES string of the molecule is CC(O)CC(CNC(=O)N(C)C1CCCCC1)c1ccccc1. The van der Waals surface area contributed by atoms with Crippen LogP contribution in [0, 0.1) is 0 Å². The lowest BCUT2D eigenvalue weighted by molar-refractivity contribution is 0.164. The maximum Gasteiger partial charge on any atom is 0.317 e. The highest BCUT2D eigenvalue weighted by molar-refractivity contribution is 5.74. The molecule has 1 aliphatic rings. The Morgan fingerprint density at radius 3 is 2.52 bits per heavy atom. The molecule has 1 aromatic rings. The first-order valence-electron chi connectivity index (χ1n) is 8.81. The number of carbonyl (C=O) groups excluding carboxylic acids is 1. The summed E-state index contributed by atoms with van der Waals surface area (Å²) in [7, 11) is 1.90. The smallest absolute Gasteiger partial charge is 0.317 e. The summed E-state index contributed by atoms with van der Waals surface area (Å²) < 4.78 is 0. The number of carbonyl (C=O) groups is 1. The molecule has 128 valence electrons. The summed E-state index contributed by atoms with van der Waals surface area (Å²) in [6.07, 6.45) is 6.22. The van der Waals surface area contributed by atoms with Crippen molar-refractivity contribution < 1.29 is 9.90 Å². The third kappa shape index (κ3) is 5.54. The third-order valence-electron chi connectivity index (χ3n) is 4.84. The maximum absolute atomic E-state index is 12.4. The van der Waals surface area contributed by atoms with Gasteiger partial charge in [0.25, 0.3) is 0 Å². The highest BCUT2D eigenvalue weighted by Gasteiger charge is 2.23. The second-order valence-electron chi connectivity index (χ2n) is 6.78. The summed E-state index contributed by atoms with van der Waals surface area (Å²) in [4.78, 5) is 14.3. The van der Waals surface area contributed by atoms with E-state index in [1.807, 2.05) is 30.1 Å². The van der Waals surface area contributed by atoms with Crippen molar-refractivity contribution in [2.24, 2.45) is 0 Å². The standard InChI is InChI=1S/C19H30N2O2/c1-15(22)13-17(16-9-5-3-6-10-16)14-20-19(23)21(2)18-11-7-4-8-12-18/h3,5-6,9-10,15,17-18,22H,4,7-8,11-14H2,1-2H3,(H,20,23). The molecule has 2 rings (SSSR count). The van der Waals surface area contributed by atoms with E-state index in [1.165, 1.54) is 19.3 Å². The van der Waals surface area contributed by atoms with Gasteiger partial charge in [-0.2, -0.15) is 0 Å². The van der Waals surface area contributed by atoms with Crippen LogP contribution in [-0.4, -0.2) is 41.8 Å². The van der Waals surface area contributed by atoms with Crippen LogP contribution >= 0.6 is 0 Å². The molecule has 2 atom stereocenters. The predicted octanol–water partition coefficient (Wildman–Crippen LogP) is 3.52. The van der Waals surface area contributed by atoms with E-state index in [4.69, 9.17) is 0 Å². The number of aliphatic hydroxyl groups is 1. The zero-order valence-corrected chi connectivity index (χ0v) is 14.4. The average Bonchev–Trinajstić information content (AvgIpc) is 2.59. The second kappa shape index (κ2) is 8.92. The van der Waals surface area contributed by atoms with Gasteiger partial charge < -0.3 is 15.3 Å². The van der Waals surface area contributed by atoms with Gasteiger partial charge in [-0.05, 0) is 31.7 Å². The molecular weight excluding hydrogens is 288 g/mol. The first-order chi connectivity index (χ1) is 11.1. The van der Waals surface area contributed by atoms with Crippen LogP contribution in [0.1, 0.15) is 56.9 Å². The van der Waals surface area contributed by atoms with Gasteiger partial charge in [0.1, 0.15) is 0 Å². The van der Waals surface area contributed by atoms with Gasteiger partial charge in [-0.1, -0.05) is 49.6 Å². The monoisotopic (exact) mass is 318 g/mol. The van der Waals surface area contributed by atoms with Crippen molar-refractivity contribution in [2.75, 3.05) is 13.6 Å². The lowest BCUT2D eigenvalue weighted by Crippen LogP contribution is -2.45. The molecule has 2 unspecified atom stereocenters. The zero-order valence-electron chi connectivity index (χ0n) is 14.4. The Balaban J connectivity index is 1.90. The molecule has 0 spiro atoms.